The highest BCUT2D eigenvalue weighted by molar-refractivity contribution is 9.13. The van der Waals surface area contributed by atoms with Crippen molar-refractivity contribution in [1.82, 2.24) is 14.5 Å². The normalized spacial score (nSPS) is 10.8. The van der Waals surface area contributed by atoms with Crippen LogP contribution in [0.1, 0.15) is 11.6 Å². The Morgan fingerprint density at radius 3 is 2.81 bits per heavy atom. The lowest BCUT2D eigenvalue weighted by Gasteiger charge is -2.11. The van der Waals surface area contributed by atoms with Crippen molar-refractivity contribution < 1.29 is 4.42 Å². The van der Waals surface area contributed by atoms with Gasteiger partial charge in [0, 0.05) is 18.6 Å². The van der Waals surface area contributed by atoms with E-state index >= 15 is 0 Å². The van der Waals surface area contributed by atoms with Gasteiger partial charge in [0.1, 0.15) is 11.6 Å². The van der Waals surface area contributed by atoms with E-state index in [9.17, 15) is 0 Å². The average Bonchev–Trinajstić information content (AvgIpc) is 3.03. The van der Waals surface area contributed by atoms with Crippen molar-refractivity contribution in [2.24, 2.45) is 0 Å². The van der Waals surface area contributed by atoms with Gasteiger partial charge in [-0.1, -0.05) is 0 Å². The first-order chi connectivity index (χ1) is 10.1. The molecule has 0 aliphatic heterocycles. The number of furan rings is 1. The van der Waals surface area contributed by atoms with Crippen LogP contribution in [0.5, 0.6) is 0 Å². The highest BCUT2D eigenvalue weighted by Crippen LogP contribution is 2.27. The van der Waals surface area contributed by atoms with Gasteiger partial charge in [0.25, 0.3) is 0 Å². The molecule has 0 saturated carbocycles. The van der Waals surface area contributed by atoms with E-state index in [1.165, 1.54) is 0 Å². The number of hydrogen-bond acceptors (Lipinski definition) is 4. The molecule has 0 atom stereocenters. The van der Waals surface area contributed by atoms with Crippen LogP contribution >= 0.6 is 31.9 Å². The van der Waals surface area contributed by atoms with Crippen LogP contribution in [0.3, 0.4) is 0 Å². The quantitative estimate of drug-likeness (QED) is 0.695. The SMILES string of the molecule is Cc1nccn1-c1ncccc1NCc1cc(Br)c(Br)o1. The van der Waals surface area contributed by atoms with Gasteiger partial charge in [0.2, 0.25) is 0 Å². The second-order valence-electron chi connectivity index (χ2n) is 4.41. The van der Waals surface area contributed by atoms with E-state index in [-0.39, 0.29) is 0 Å². The summed E-state index contributed by atoms with van der Waals surface area (Å²) in [5.74, 6) is 2.53. The molecule has 21 heavy (non-hydrogen) atoms. The fourth-order valence-electron chi connectivity index (χ4n) is 1.99. The van der Waals surface area contributed by atoms with E-state index in [0.29, 0.717) is 11.2 Å². The fraction of sp³-hybridized carbons (Fsp3) is 0.143. The maximum atomic E-state index is 5.56. The number of nitrogens with zero attached hydrogens (tertiary/aromatic N) is 3. The predicted octanol–water partition coefficient (Wildman–Crippen LogP) is 4.31. The molecule has 0 aromatic carbocycles. The Kier molecular flexibility index (Phi) is 4.12. The summed E-state index contributed by atoms with van der Waals surface area (Å²) in [6, 6.07) is 5.80. The first-order valence-electron chi connectivity index (χ1n) is 6.28. The standard InChI is InChI=1S/C14H12Br2N4O/c1-9-17-5-6-20(9)14-12(3-2-4-18-14)19-8-10-7-11(15)13(16)21-10/h2-7,19H,8H2,1H3. The van der Waals surface area contributed by atoms with E-state index in [0.717, 1.165) is 27.6 Å². The summed E-state index contributed by atoms with van der Waals surface area (Å²) in [6.45, 7) is 2.51. The van der Waals surface area contributed by atoms with Gasteiger partial charge in [-0.15, -0.1) is 0 Å². The summed E-state index contributed by atoms with van der Waals surface area (Å²) >= 11 is 6.74. The Bertz CT molecular complexity index is 746. The number of hydrogen-bond donors (Lipinski definition) is 1. The molecular weight excluding hydrogens is 400 g/mol. The van der Waals surface area contributed by atoms with Crippen molar-refractivity contribution in [2.75, 3.05) is 5.32 Å². The second-order valence-corrected chi connectivity index (χ2v) is 5.98. The Morgan fingerprint density at radius 1 is 1.29 bits per heavy atom. The van der Waals surface area contributed by atoms with E-state index in [4.69, 9.17) is 4.42 Å². The number of anilines is 1. The van der Waals surface area contributed by atoms with Crippen molar-refractivity contribution in [2.45, 2.75) is 13.5 Å². The molecule has 0 saturated heterocycles. The summed E-state index contributed by atoms with van der Waals surface area (Å²) < 4.78 is 9.09. The molecule has 5 nitrogen and oxygen atoms in total. The van der Waals surface area contributed by atoms with Crippen LogP contribution in [0.25, 0.3) is 5.82 Å². The number of aryl methyl sites for hydroxylation is 1. The number of aromatic nitrogens is 3. The molecule has 108 valence electrons. The summed E-state index contributed by atoms with van der Waals surface area (Å²) in [4.78, 5) is 8.66. The minimum atomic E-state index is 0.566. The lowest BCUT2D eigenvalue weighted by molar-refractivity contribution is 0.494. The topological polar surface area (TPSA) is 55.9 Å². The van der Waals surface area contributed by atoms with Crippen LogP contribution in [-0.4, -0.2) is 14.5 Å². The molecule has 0 bridgehead atoms. The lowest BCUT2D eigenvalue weighted by atomic mass is 10.3. The van der Waals surface area contributed by atoms with Crippen molar-refractivity contribution in [3.63, 3.8) is 0 Å². The van der Waals surface area contributed by atoms with Crippen LogP contribution in [-0.2, 0) is 6.54 Å². The van der Waals surface area contributed by atoms with Crippen LogP contribution in [0.4, 0.5) is 5.69 Å². The number of halogens is 2. The van der Waals surface area contributed by atoms with Crippen LogP contribution in [0.15, 0.2) is 50.3 Å². The third-order valence-corrected chi connectivity index (χ3v) is 4.70. The van der Waals surface area contributed by atoms with Crippen LogP contribution in [0, 0.1) is 6.92 Å². The summed E-state index contributed by atoms with van der Waals surface area (Å²) in [6.07, 6.45) is 5.41. The van der Waals surface area contributed by atoms with Crippen molar-refractivity contribution in [3.8, 4) is 5.82 Å². The molecule has 7 heteroatoms. The zero-order chi connectivity index (χ0) is 14.8. The van der Waals surface area contributed by atoms with E-state index < -0.39 is 0 Å². The highest BCUT2D eigenvalue weighted by atomic mass is 79.9. The molecule has 3 aromatic rings. The van der Waals surface area contributed by atoms with Gasteiger partial charge in [-0.25, -0.2) is 9.97 Å². The smallest absolute Gasteiger partial charge is 0.183 e. The largest absolute Gasteiger partial charge is 0.451 e. The third-order valence-electron chi connectivity index (χ3n) is 2.99. The summed E-state index contributed by atoms with van der Waals surface area (Å²) in [5, 5.41) is 3.34. The zero-order valence-electron chi connectivity index (χ0n) is 11.2. The molecule has 3 rings (SSSR count). The highest BCUT2D eigenvalue weighted by Gasteiger charge is 2.10. The number of pyridine rings is 1. The molecule has 0 aliphatic carbocycles. The van der Waals surface area contributed by atoms with Gasteiger partial charge >= 0.3 is 0 Å². The Labute approximate surface area is 138 Å². The summed E-state index contributed by atoms with van der Waals surface area (Å²) in [5.41, 5.74) is 0.919. The monoisotopic (exact) mass is 410 g/mol. The lowest BCUT2D eigenvalue weighted by Crippen LogP contribution is -2.06. The molecule has 0 amide bonds. The van der Waals surface area contributed by atoms with Gasteiger partial charge < -0.3 is 9.73 Å². The molecule has 0 radical (unpaired) electrons. The van der Waals surface area contributed by atoms with E-state index in [1.54, 1.807) is 12.4 Å². The third kappa shape index (κ3) is 3.03. The van der Waals surface area contributed by atoms with Gasteiger partial charge in [-0.05, 0) is 57.0 Å². The average molecular weight is 412 g/mol. The predicted molar refractivity (Wildman–Crippen MR) is 87.5 cm³/mol. The first-order valence-corrected chi connectivity index (χ1v) is 7.86. The maximum absolute atomic E-state index is 5.56. The van der Waals surface area contributed by atoms with E-state index in [1.807, 2.05) is 35.9 Å². The Hall–Kier alpha value is -1.60. The number of imidazole rings is 1. The molecule has 0 unspecified atom stereocenters. The second kappa shape index (κ2) is 6.03. The minimum absolute atomic E-state index is 0.566. The molecular formula is C14H12Br2N4O. The van der Waals surface area contributed by atoms with Crippen molar-refractivity contribution in [3.05, 3.63) is 57.5 Å². The fourth-order valence-corrected chi connectivity index (χ4v) is 2.65. The number of nitrogens with one attached hydrogen (secondary N) is 1. The van der Waals surface area contributed by atoms with Crippen LogP contribution in [0.2, 0.25) is 0 Å². The minimum Gasteiger partial charge on any atom is -0.451 e. The van der Waals surface area contributed by atoms with Gasteiger partial charge in [0.15, 0.2) is 10.5 Å². The Balaban J connectivity index is 1.84. The van der Waals surface area contributed by atoms with Crippen molar-refractivity contribution >= 4 is 37.5 Å². The number of rotatable bonds is 4. The van der Waals surface area contributed by atoms with Crippen molar-refractivity contribution in [1.29, 1.82) is 0 Å². The van der Waals surface area contributed by atoms with Gasteiger partial charge in [-0.2, -0.15) is 0 Å². The molecule has 0 spiro atoms. The van der Waals surface area contributed by atoms with E-state index in [2.05, 4.69) is 47.1 Å². The first kappa shape index (κ1) is 14.3. The molecule has 3 aromatic heterocycles. The zero-order valence-corrected chi connectivity index (χ0v) is 14.3. The van der Waals surface area contributed by atoms with Gasteiger partial charge in [-0.3, -0.25) is 4.57 Å². The molecule has 0 fully saturated rings. The van der Waals surface area contributed by atoms with Gasteiger partial charge in [0.05, 0.1) is 16.7 Å². The maximum Gasteiger partial charge on any atom is 0.183 e. The summed E-state index contributed by atoms with van der Waals surface area (Å²) in [7, 11) is 0. The van der Waals surface area contributed by atoms with Crippen LogP contribution < -0.4 is 5.32 Å². The molecule has 1 N–H and O–H groups in total. The molecule has 0 aliphatic rings. The Morgan fingerprint density at radius 2 is 2.14 bits per heavy atom. The molecule has 3 heterocycles.